The maximum absolute atomic E-state index is 13.0. The van der Waals surface area contributed by atoms with Crippen molar-refractivity contribution >= 4 is 16.9 Å². The van der Waals surface area contributed by atoms with Crippen molar-refractivity contribution in [2.24, 2.45) is 0 Å². The summed E-state index contributed by atoms with van der Waals surface area (Å²) in [6.07, 6.45) is 1.27. The van der Waals surface area contributed by atoms with Crippen LogP contribution in [0.1, 0.15) is 10.4 Å². The van der Waals surface area contributed by atoms with Gasteiger partial charge in [0.05, 0.1) is 11.8 Å². The summed E-state index contributed by atoms with van der Waals surface area (Å²) in [6, 6.07) is 2.20. The molecule has 0 spiro atoms. The minimum absolute atomic E-state index is 0.0231. The number of carbonyl (C=O) groups is 1. The average molecular weight is 181 g/mol. The van der Waals surface area contributed by atoms with Gasteiger partial charge in [0, 0.05) is 5.39 Å². The van der Waals surface area contributed by atoms with E-state index in [0.29, 0.717) is 5.39 Å². The largest absolute Gasteiger partial charge is 0.478 e. The first-order chi connectivity index (χ1) is 6.18. The first kappa shape index (κ1) is 7.72. The van der Waals surface area contributed by atoms with Gasteiger partial charge in [0.1, 0.15) is 0 Å². The molecule has 1 aromatic heterocycles. The first-order valence-corrected chi connectivity index (χ1v) is 3.45. The maximum Gasteiger partial charge on any atom is 0.335 e. The van der Waals surface area contributed by atoms with Gasteiger partial charge in [-0.05, 0) is 12.1 Å². The van der Waals surface area contributed by atoms with Gasteiger partial charge in [0.25, 0.3) is 0 Å². The molecule has 0 atom stereocenters. The lowest BCUT2D eigenvalue weighted by atomic mass is 10.1. The zero-order valence-corrected chi connectivity index (χ0v) is 6.32. The molecule has 0 aliphatic rings. The van der Waals surface area contributed by atoms with E-state index in [0.717, 1.165) is 6.07 Å². The van der Waals surface area contributed by atoms with Crippen molar-refractivity contribution in [3.8, 4) is 0 Å². The minimum atomic E-state index is -1.18. The van der Waals surface area contributed by atoms with Crippen molar-refractivity contribution in [3.05, 3.63) is 29.7 Å². The molecule has 0 bridgehead atoms. The second-order valence-corrected chi connectivity index (χ2v) is 2.51. The van der Waals surface area contributed by atoms with Crippen molar-refractivity contribution in [2.75, 3.05) is 0 Å². The number of aromatic carboxylic acids is 1. The Morgan fingerprint density at radius 2 is 2.31 bits per heavy atom. The molecule has 0 amide bonds. The van der Waals surface area contributed by atoms with Crippen LogP contribution in [0.3, 0.4) is 0 Å². The molecule has 66 valence electrons. The molecule has 0 radical (unpaired) electrons. The van der Waals surface area contributed by atoms with Crippen molar-refractivity contribution < 1.29 is 18.8 Å². The summed E-state index contributed by atoms with van der Waals surface area (Å²) in [5, 5.41) is 12.3. The highest BCUT2D eigenvalue weighted by Gasteiger charge is 2.11. The Morgan fingerprint density at radius 3 is 3.00 bits per heavy atom. The predicted octanol–water partition coefficient (Wildman–Crippen LogP) is 1.67. The lowest BCUT2D eigenvalue weighted by molar-refractivity contribution is 0.0696. The zero-order valence-electron chi connectivity index (χ0n) is 6.32. The second-order valence-electron chi connectivity index (χ2n) is 2.51. The van der Waals surface area contributed by atoms with E-state index in [2.05, 4.69) is 9.68 Å². The molecule has 0 aliphatic heterocycles. The molecule has 1 N–H and O–H groups in total. The third-order valence-corrected chi connectivity index (χ3v) is 1.66. The molecule has 1 aromatic carbocycles. The fourth-order valence-corrected chi connectivity index (χ4v) is 1.07. The Morgan fingerprint density at radius 1 is 1.54 bits per heavy atom. The molecule has 4 nitrogen and oxygen atoms in total. The minimum Gasteiger partial charge on any atom is -0.478 e. The summed E-state index contributed by atoms with van der Waals surface area (Å²) in [5.41, 5.74) is -0.141. The average Bonchev–Trinajstić information content (AvgIpc) is 2.51. The van der Waals surface area contributed by atoms with Crippen LogP contribution in [0.25, 0.3) is 11.0 Å². The number of fused-ring (bicyclic) bond motifs is 1. The summed E-state index contributed by atoms with van der Waals surface area (Å²) >= 11 is 0. The molecule has 0 aliphatic carbocycles. The number of aromatic nitrogens is 1. The van der Waals surface area contributed by atoms with Crippen molar-refractivity contribution in [1.82, 2.24) is 5.16 Å². The lowest BCUT2D eigenvalue weighted by Crippen LogP contribution is -1.96. The van der Waals surface area contributed by atoms with Crippen LogP contribution in [0.5, 0.6) is 0 Å². The molecule has 2 rings (SSSR count). The highest BCUT2D eigenvalue weighted by Crippen LogP contribution is 2.19. The van der Waals surface area contributed by atoms with Gasteiger partial charge in [-0.2, -0.15) is 0 Å². The highest BCUT2D eigenvalue weighted by molar-refractivity contribution is 5.92. The Balaban J connectivity index is 2.77. The zero-order chi connectivity index (χ0) is 9.42. The number of nitrogens with zero attached hydrogens (tertiary/aromatic N) is 1. The first-order valence-electron chi connectivity index (χ1n) is 3.45. The number of benzene rings is 1. The van der Waals surface area contributed by atoms with Crippen LogP contribution in [0, 0.1) is 5.82 Å². The molecular weight excluding hydrogens is 177 g/mol. The van der Waals surface area contributed by atoms with E-state index >= 15 is 0 Å². The molecule has 0 fully saturated rings. The van der Waals surface area contributed by atoms with E-state index in [1.165, 1.54) is 12.3 Å². The van der Waals surface area contributed by atoms with E-state index in [1.807, 2.05) is 0 Å². The number of carboxylic acids is 1. The van der Waals surface area contributed by atoms with Crippen molar-refractivity contribution in [2.45, 2.75) is 0 Å². The molecule has 0 saturated heterocycles. The van der Waals surface area contributed by atoms with Gasteiger partial charge >= 0.3 is 5.97 Å². The number of halogens is 1. The van der Waals surface area contributed by atoms with Gasteiger partial charge < -0.3 is 9.63 Å². The van der Waals surface area contributed by atoms with Crippen molar-refractivity contribution in [1.29, 1.82) is 0 Å². The van der Waals surface area contributed by atoms with E-state index in [9.17, 15) is 9.18 Å². The van der Waals surface area contributed by atoms with Crippen LogP contribution in [0.2, 0.25) is 0 Å². The number of hydrogen-bond acceptors (Lipinski definition) is 3. The molecule has 2 aromatic rings. The van der Waals surface area contributed by atoms with Crippen molar-refractivity contribution in [3.63, 3.8) is 0 Å². The predicted molar refractivity (Wildman–Crippen MR) is 40.9 cm³/mol. The van der Waals surface area contributed by atoms with Crippen LogP contribution >= 0.6 is 0 Å². The van der Waals surface area contributed by atoms with Gasteiger partial charge in [0.2, 0.25) is 5.58 Å². The van der Waals surface area contributed by atoms with Gasteiger partial charge in [-0.15, -0.1) is 0 Å². The summed E-state index contributed by atoms with van der Waals surface area (Å²) in [5.74, 6) is -1.89. The van der Waals surface area contributed by atoms with E-state index < -0.39 is 11.8 Å². The van der Waals surface area contributed by atoms with E-state index in [4.69, 9.17) is 5.11 Å². The molecule has 13 heavy (non-hydrogen) atoms. The molecule has 5 heteroatoms. The molecular formula is C8H4FNO3. The van der Waals surface area contributed by atoms with Gasteiger partial charge in [-0.25, -0.2) is 9.18 Å². The van der Waals surface area contributed by atoms with E-state index in [-0.39, 0.29) is 11.1 Å². The topological polar surface area (TPSA) is 63.3 Å². The molecule has 0 unspecified atom stereocenters. The second kappa shape index (κ2) is 2.55. The molecule has 0 saturated carbocycles. The Labute approximate surface area is 71.6 Å². The number of carboxylic acid groups (broad SMARTS) is 1. The third-order valence-electron chi connectivity index (χ3n) is 1.66. The standard InChI is InChI=1S/C8H4FNO3/c9-6-2-4(8(11)12)1-5-3-10-13-7(5)6/h1-3H,(H,11,12). The van der Waals surface area contributed by atoms with Crippen LogP contribution < -0.4 is 0 Å². The normalized spacial score (nSPS) is 10.5. The summed E-state index contributed by atoms with van der Waals surface area (Å²) < 4.78 is 17.6. The summed E-state index contributed by atoms with van der Waals surface area (Å²) in [6.45, 7) is 0. The fourth-order valence-electron chi connectivity index (χ4n) is 1.07. The Bertz CT molecular complexity index is 477. The Kier molecular flexibility index (Phi) is 1.51. The van der Waals surface area contributed by atoms with Crippen LogP contribution in [0.4, 0.5) is 4.39 Å². The number of rotatable bonds is 1. The smallest absolute Gasteiger partial charge is 0.335 e. The quantitative estimate of drug-likeness (QED) is 0.726. The lowest BCUT2D eigenvalue weighted by Gasteiger charge is -1.93. The summed E-state index contributed by atoms with van der Waals surface area (Å²) in [4.78, 5) is 10.5. The molecule has 1 heterocycles. The Hall–Kier alpha value is -1.91. The van der Waals surface area contributed by atoms with Crippen LogP contribution in [-0.4, -0.2) is 16.2 Å². The van der Waals surface area contributed by atoms with Crippen LogP contribution in [0.15, 0.2) is 22.9 Å². The monoisotopic (exact) mass is 181 g/mol. The SMILES string of the molecule is O=C(O)c1cc(F)c2oncc2c1. The van der Waals surface area contributed by atoms with Gasteiger partial charge in [-0.3, -0.25) is 0 Å². The van der Waals surface area contributed by atoms with Crippen LogP contribution in [-0.2, 0) is 0 Å². The fraction of sp³-hybridized carbons (Fsp3) is 0. The van der Waals surface area contributed by atoms with E-state index in [1.54, 1.807) is 0 Å². The maximum atomic E-state index is 13.0. The van der Waals surface area contributed by atoms with Gasteiger partial charge in [-0.1, -0.05) is 5.16 Å². The highest BCUT2D eigenvalue weighted by atomic mass is 19.1. The number of hydrogen-bond donors (Lipinski definition) is 1. The third kappa shape index (κ3) is 1.14. The van der Waals surface area contributed by atoms with Gasteiger partial charge in [0.15, 0.2) is 5.82 Å². The summed E-state index contributed by atoms with van der Waals surface area (Å²) in [7, 11) is 0.